The Kier molecular flexibility index (Phi) is 5.07. The molecule has 0 saturated carbocycles. The van der Waals surface area contributed by atoms with Crippen molar-refractivity contribution in [3.63, 3.8) is 0 Å². The van der Waals surface area contributed by atoms with Crippen LogP contribution in [-0.2, 0) is 0 Å². The largest absolute Gasteiger partial charge is 0.451 e. The molecule has 0 aliphatic rings. The highest BCUT2D eigenvalue weighted by Gasteiger charge is 2.13. The zero-order chi connectivity index (χ0) is 20.5. The molecule has 1 N–H and O–H groups in total. The SMILES string of the molecule is Cc1ccnc(-n2c(C)cc(/C=N/NC(=O)c3cc4cc(Br)ccc4o3)c2C)c1. The Hall–Kier alpha value is -3.19. The van der Waals surface area contributed by atoms with Gasteiger partial charge in [-0.25, -0.2) is 10.4 Å². The molecule has 0 unspecified atom stereocenters. The minimum Gasteiger partial charge on any atom is -0.451 e. The lowest BCUT2D eigenvalue weighted by Gasteiger charge is -2.08. The number of carbonyl (C=O) groups excluding carboxylic acids is 1. The van der Waals surface area contributed by atoms with Gasteiger partial charge in [-0.15, -0.1) is 0 Å². The second-order valence-electron chi connectivity index (χ2n) is 6.85. The summed E-state index contributed by atoms with van der Waals surface area (Å²) >= 11 is 3.41. The van der Waals surface area contributed by atoms with E-state index in [2.05, 4.69) is 36.0 Å². The monoisotopic (exact) mass is 450 g/mol. The number of halogens is 1. The fourth-order valence-electron chi connectivity index (χ4n) is 3.26. The Bertz CT molecular complexity index is 1250. The first-order chi connectivity index (χ1) is 13.9. The minimum atomic E-state index is -0.400. The molecular formula is C22H19BrN4O2. The molecule has 0 atom stereocenters. The zero-order valence-electron chi connectivity index (χ0n) is 16.2. The van der Waals surface area contributed by atoms with Gasteiger partial charge in [-0.3, -0.25) is 4.79 Å². The lowest BCUT2D eigenvalue weighted by atomic mass is 10.2. The van der Waals surface area contributed by atoms with Crippen molar-refractivity contribution in [3.05, 3.63) is 81.4 Å². The molecule has 0 saturated heterocycles. The molecule has 0 aliphatic heterocycles. The number of aryl methyl sites for hydroxylation is 2. The van der Waals surface area contributed by atoms with Gasteiger partial charge in [0.05, 0.1) is 6.21 Å². The first-order valence-electron chi connectivity index (χ1n) is 9.07. The third-order valence-corrected chi connectivity index (χ3v) is 5.17. The number of hydrogen-bond donors (Lipinski definition) is 1. The van der Waals surface area contributed by atoms with Crippen molar-refractivity contribution < 1.29 is 9.21 Å². The number of carbonyl (C=O) groups is 1. The molecule has 6 nitrogen and oxygen atoms in total. The lowest BCUT2D eigenvalue weighted by molar-refractivity contribution is 0.0929. The summed E-state index contributed by atoms with van der Waals surface area (Å²) in [5.41, 5.74) is 7.25. The van der Waals surface area contributed by atoms with Gasteiger partial charge in [0, 0.05) is 33.0 Å². The molecular weight excluding hydrogens is 432 g/mol. The number of furan rings is 1. The maximum Gasteiger partial charge on any atom is 0.307 e. The van der Waals surface area contributed by atoms with E-state index in [-0.39, 0.29) is 5.76 Å². The average Bonchev–Trinajstić information content (AvgIpc) is 3.22. The number of nitrogens with zero attached hydrogens (tertiary/aromatic N) is 3. The summed E-state index contributed by atoms with van der Waals surface area (Å²) in [4.78, 5) is 16.8. The van der Waals surface area contributed by atoms with E-state index in [9.17, 15) is 4.79 Å². The van der Waals surface area contributed by atoms with Crippen LogP contribution in [0.1, 0.15) is 33.1 Å². The minimum absolute atomic E-state index is 0.213. The van der Waals surface area contributed by atoms with Gasteiger partial charge >= 0.3 is 5.91 Å². The number of hydrogen-bond acceptors (Lipinski definition) is 4. The number of pyridine rings is 1. The molecule has 1 aromatic carbocycles. The highest BCUT2D eigenvalue weighted by Crippen LogP contribution is 2.23. The predicted molar refractivity (Wildman–Crippen MR) is 117 cm³/mol. The molecule has 0 spiro atoms. The van der Waals surface area contributed by atoms with Crippen molar-refractivity contribution >= 4 is 39.0 Å². The molecule has 3 heterocycles. The van der Waals surface area contributed by atoms with E-state index in [1.165, 1.54) is 0 Å². The van der Waals surface area contributed by atoms with Gasteiger partial charge in [-0.1, -0.05) is 15.9 Å². The van der Waals surface area contributed by atoms with Crippen LogP contribution in [0.3, 0.4) is 0 Å². The van der Waals surface area contributed by atoms with E-state index in [1.54, 1.807) is 18.5 Å². The van der Waals surface area contributed by atoms with Crippen LogP contribution in [0.2, 0.25) is 0 Å². The summed E-state index contributed by atoms with van der Waals surface area (Å²) in [6, 6.07) is 13.3. The van der Waals surface area contributed by atoms with Crippen molar-refractivity contribution in [2.45, 2.75) is 20.8 Å². The molecule has 4 rings (SSSR count). The van der Waals surface area contributed by atoms with Gasteiger partial charge in [-0.05, 0) is 68.8 Å². The Morgan fingerprint density at radius 3 is 2.79 bits per heavy atom. The number of fused-ring (bicyclic) bond motifs is 1. The van der Waals surface area contributed by atoms with Gasteiger partial charge in [0.25, 0.3) is 0 Å². The quantitative estimate of drug-likeness (QED) is 0.348. The zero-order valence-corrected chi connectivity index (χ0v) is 17.8. The third-order valence-electron chi connectivity index (χ3n) is 4.67. The van der Waals surface area contributed by atoms with E-state index in [0.717, 1.165) is 38.2 Å². The summed E-state index contributed by atoms with van der Waals surface area (Å²) in [6.07, 6.45) is 3.43. The van der Waals surface area contributed by atoms with Crippen LogP contribution in [0.25, 0.3) is 16.8 Å². The maximum absolute atomic E-state index is 12.4. The van der Waals surface area contributed by atoms with Crippen molar-refractivity contribution in [1.29, 1.82) is 0 Å². The first kappa shape index (κ1) is 19.1. The van der Waals surface area contributed by atoms with Gasteiger partial charge in [0.1, 0.15) is 11.4 Å². The highest BCUT2D eigenvalue weighted by atomic mass is 79.9. The van der Waals surface area contributed by atoms with E-state index >= 15 is 0 Å². The predicted octanol–water partition coefficient (Wildman–Crippen LogP) is 5.07. The second kappa shape index (κ2) is 7.67. The summed E-state index contributed by atoms with van der Waals surface area (Å²) in [7, 11) is 0. The Labute approximate surface area is 176 Å². The Morgan fingerprint density at radius 2 is 2.00 bits per heavy atom. The van der Waals surface area contributed by atoms with Crippen molar-refractivity contribution in [2.75, 3.05) is 0 Å². The molecule has 7 heteroatoms. The molecule has 0 fully saturated rings. The van der Waals surface area contributed by atoms with E-state index in [0.29, 0.717) is 5.58 Å². The molecule has 1 amide bonds. The van der Waals surface area contributed by atoms with Gasteiger partial charge < -0.3 is 8.98 Å². The van der Waals surface area contributed by atoms with Crippen LogP contribution < -0.4 is 5.43 Å². The number of nitrogens with one attached hydrogen (secondary N) is 1. The van der Waals surface area contributed by atoms with Crippen LogP contribution in [-0.4, -0.2) is 21.7 Å². The highest BCUT2D eigenvalue weighted by molar-refractivity contribution is 9.10. The number of rotatable bonds is 4. The number of hydrazone groups is 1. The number of amides is 1. The molecule has 0 bridgehead atoms. The smallest absolute Gasteiger partial charge is 0.307 e. The van der Waals surface area contributed by atoms with Crippen molar-refractivity contribution in [2.24, 2.45) is 5.10 Å². The standard InChI is InChI=1S/C22H19BrN4O2/c1-13-6-7-24-21(8-13)27-14(2)9-17(15(27)3)12-25-26-22(28)20-11-16-10-18(23)4-5-19(16)29-20/h4-12H,1-3H3,(H,26,28)/b25-12+. The molecule has 4 aromatic rings. The van der Waals surface area contributed by atoms with E-state index < -0.39 is 5.91 Å². The summed E-state index contributed by atoms with van der Waals surface area (Å²) < 4.78 is 8.57. The normalized spacial score (nSPS) is 11.4. The topological polar surface area (TPSA) is 72.4 Å². The summed E-state index contributed by atoms with van der Waals surface area (Å²) in [5, 5.41) is 4.95. The molecule has 0 aliphatic carbocycles. The van der Waals surface area contributed by atoms with E-state index in [4.69, 9.17) is 4.42 Å². The molecule has 0 radical (unpaired) electrons. The summed E-state index contributed by atoms with van der Waals surface area (Å²) in [5.74, 6) is 0.671. The molecule has 146 valence electrons. The van der Waals surface area contributed by atoms with Crippen molar-refractivity contribution in [3.8, 4) is 5.82 Å². The van der Waals surface area contributed by atoms with Crippen molar-refractivity contribution in [1.82, 2.24) is 15.0 Å². The van der Waals surface area contributed by atoms with Crippen LogP contribution in [0.4, 0.5) is 0 Å². The number of aromatic nitrogens is 2. The average molecular weight is 451 g/mol. The van der Waals surface area contributed by atoms with Gasteiger partial charge in [0.15, 0.2) is 5.76 Å². The Morgan fingerprint density at radius 1 is 1.17 bits per heavy atom. The van der Waals surface area contributed by atoms with Crippen LogP contribution in [0.5, 0.6) is 0 Å². The van der Waals surface area contributed by atoms with Crippen LogP contribution in [0, 0.1) is 20.8 Å². The summed E-state index contributed by atoms with van der Waals surface area (Å²) in [6.45, 7) is 6.05. The van der Waals surface area contributed by atoms with E-state index in [1.807, 2.05) is 57.2 Å². The number of benzene rings is 1. The van der Waals surface area contributed by atoms with Crippen LogP contribution >= 0.6 is 15.9 Å². The van der Waals surface area contributed by atoms with Gasteiger partial charge in [-0.2, -0.15) is 5.10 Å². The third kappa shape index (κ3) is 3.86. The second-order valence-corrected chi connectivity index (χ2v) is 7.76. The first-order valence-corrected chi connectivity index (χ1v) is 9.86. The fourth-order valence-corrected chi connectivity index (χ4v) is 3.63. The van der Waals surface area contributed by atoms with Gasteiger partial charge in [0.2, 0.25) is 0 Å². The van der Waals surface area contributed by atoms with Crippen LogP contribution in [0.15, 0.2) is 62.7 Å². The maximum atomic E-state index is 12.4. The Balaban J connectivity index is 1.53. The molecule has 3 aromatic heterocycles. The lowest BCUT2D eigenvalue weighted by Crippen LogP contribution is -2.16. The molecule has 29 heavy (non-hydrogen) atoms. The fraction of sp³-hybridized carbons (Fsp3) is 0.136.